The molecule has 7 nitrogen and oxygen atoms in total. The van der Waals surface area contributed by atoms with E-state index in [4.69, 9.17) is 5.26 Å². The molecule has 2 rings (SSSR count). The van der Waals surface area contributed by atoms with Gasteiger partial charge in [-0.3, -0.25) is 10.1 Å². The van der Waals surface area contributed by atoms with Crippen molar-refractivity contribution in [2.75, 3.05) is 18.4 Å². The van der Waals surface area contributed by atoms with Gasteiger partial charge in [0.2, 0.25) is 5.69 Å². The van der Waals surface area contributed by atoms with Crippen LogP contribution < -0.4 is 10.6 Å². The van der Waals surface area contributed by atoms with E-state index in [2.05, 4.69) is 15.6 Å². The molecule has 1 fully saturated rings. The van der Waals surface area contributed by atoms with Gasteiger partial charge >= 0.3 is 5.69 Å². The third-order valence-electron chi connectivity index (χ3n) is 3.14. The minimum absolute atomic E-state index is 0.158. The van der Waals surface area contributed by atoms with E-state index < -0.39 is 4.92 Å². The second-order valence-electron chi connectivity index (χ2n) is 4.44. The van der Waals surface area contributed by atoms with E-state index in [0.717, 1.165) is 19.5 Å². The summed E-state index contributed by atoms with van der Waals surface area (Å²) in [5.74, 6) is 0.500. The number of anilines is 1. The van der Waals surface area contributed by atoms with Crippen LogP contribution in [0, 0.1) is 21.4 Å². The Hall–Kier alpha value is -2.20. The number of nitrogens with zero attached hydrogens (tertiary/aromatic N) is 3. The van der Waals surface area contributed by atoms with Gasteiger partial charge in [0.1, 0.15) is 11.9 Å². The molecule has 0 aliphatic carbocycles. The maximum Gasteiger partial charge on any atom is 0.305 e. The third kappa shape index (κ3) is 3.39. The predicted molar refractivity (Wildman–Crippen MR) is 69.7 cm³/mol. The lowest BCUT2D eigenvalue weighted by Crippen LogP contribution is -2.24. The van der Waals surface area contributed by atoms with Gasteiger partial charge < -0.3 is 10.6 Å². The summed E-state index contributed by atoms with van der Waals surface area (Å²) in [4.78, 5) is 14.0. The molecule has 0 bridgehead atoms. The minimum atomic E-state index is -0.599. The van der Waals surface area contributed by atoms with Gasteiger partial charge in [-0.25, -0.2) is 4.98 Å². The summed E-state index contributed by atoms with van der Waals surface area (Å²) < 4.78 is 0. The Morgan fingerprint density at radius 1 is 1.63 bits per heavy atom. The van der Waals surface area contributed by atoms with Crippen molar-refractivity contribution in [1.82, 2.24) is 10.3 Å². The molecule has 1 aromatic rings. The fourth-order valence-corrected chi connectivity index (χ4v) is 2.16. The lowest BCUT2D eigenvalue weighted by Gasteiger charge is -2.11. The van der Waals surface area contributed by atoms with Crippen LogP contribution in [0.25, 0.3) is 0 Å². The second-order valence-corrected chi connectivity index (χ2v) is 4.44. The van der Waals surface area contributed by atoms with Crippen LogP contribution in [0.5, 0.6) is 0 Å². The molecule has 1 saturated heterocycles. The molecule has 1 atom stereocenters. The number of rotatable bonds is 5. The fraction of sp³-hybridized carbons (Fsp3) is 0.500. The topological polar surface area (TPSA) is 104 Å². The monoisotopic (exact) mass is 261 g/mol. The lowest BCUT2D eigenvalue weighted by atomic mass is 10.1. The fourth-order valence-electron chi connectivity index (χ4n) is 2.16. The maximum absolute atomic E-state index is 10.7. The van der Waals surface area contributed by atoms with Gasteiger partial charge in [-0.2, -0.15) is 5.26 Å². The average Bonchev–Trinajstić information content (AvgIpc) is 2.91. The van der Waals surface area contributed by atoms with Crippen LogP contribution in [-0.2, 0) is 0 Å². The molecule has 1 unspecified atom stereocenters. The number of aromatic nitrogens is 1. The summed E-state index contributed by atoms with van der Waals surface area (Å²) in [6, 6.07) is 5.11. The van der Waals surface area contributed by atoms with E-state index in [1.54, 1.807) is 6.07 Å². The number of nitriles is 1. The first-order valence-electron chi connectivity index (χ1n) is 6.23. The third-order valence-corrected chi connectivity index (χ3v) is 3.14. The average molecular weight is 261 g/mol. The van der Waals surface area contributed by atoms with Crippen molar-refractivity contribution in [3.63, 3.8) is 0 Å². The molecular formula is C12H15N5O2. The molecule has 100 valence electrons. The second kappa shape index (κ2) is 6.11. The zero-order chi connectivity index (χ0) is 13.7. The zero-order valence-electron chi connectivity index (χ0n) is 10.4. The summed E-state index contributed by atoms with van der Waals surface area (Å²) in [6.07, 6.45) is 3.36. The number of pyridine rings is 1. The quantitative estimate of drug-likeness (QED) is 0.613. The molecule has 0 radical (unpaired) electrons. The molecule has 19 heavy (non-hydrogen) atoms. The van der Waals surface area contributed by atoms with Gasteiger partial charge in [0.05, 0.1) is 4.92 Å². The number of hydrogen-bond acceptors (Lipinski definition) is 6. The summed E-state index contributed by atoms with van der Waals surface area (Å²) in [7, 11) is 0. The van der Waals surface area contributed by atoms with Crippen molar-refractivity contribution in [3.8, 4) is 6.07 Å². The number of hydrogen-bond donors (Lipinski definition) is 2. The van der Waals surface area contributed by atoms with Crippen molar-refractivity contribution >= 4 is 11.5 Å². The Morgan fingerprint density at radius 3 is 3.11 bits per heavy atom. The summed E-state index contributed by atoms with van der Waals surface area (Å²) in [5.41, 5.74) is -0.417. The van der Waals surface area contributed by atoms with E-state index in [9.17, 15) is 10.1 Å². The Labute approximate surface area is 110 Å². The normalized spacial score (nSPS) is 17.9. The van der Waals surface area contributed by atoms with Gasteiger partial charge in [0.25, 0.3) is 0 Å². The maximum atomic E-state index is 10.7. The highest BCUT2D eigenvalue weighted by atomic mass is 16.6. The molecule has 0 saturated carbocycles. The zero-order valence-corrected chi connectivity index (χ0v) is 10.4. The molecule has 0 amide bonds. The summed E-state index contributed by atoms with van der Waals surface area (Å²) >= 11 is 0. The SMILES string of the molecule is N#Cc1nc(NCCC2CCCN2)ccc1[N+](=O)[O-]. The van der Waals surface area contributed by atoms with Gasteiger partial charge in [-0.15, -0.1) is 0 Å². The van der Waals surface area contributed by atoms with E-state index >= 15 is 0 Å². The van der Waals surface area contributed by atoms with Crippen LogP contribution in [0.4, 0.5) is 11.5 Å². The van der Waals surface area contributed by atoms with Crippen LogP contribution in [0.15, 0.2) is 12.1 Å². The molecule has 0 aromatic carbocycles. The first-order valence-corrected chi connectivity index (χ1v) is 6.23. The van der Waals surface area contributed by atoms with Crippen LogP contribution in [-0.4, -0.2) is 29.0 Å². The van der Waals surface area contributed by atoms with Gasteiger partial charge in [0.15, 0.2) is 0 Å². The van der Waals surface area contributed by atoms with Crippen molar-refractivity contribution in [3.05, 3.63) is 27.9 Å². The van der Waals surface area contributed by atoms with Crippen molar-refractivity contribution in [2.45, 2.75) is 25.3 Å². The van der Waals surface area contributed by atoms with E-state index in [0.29, 0.717) is 11.9 Å². The van der Waals surface area contributed by atoms with Gasteiger partial charge in [0, 0.05) is 18.7 Å². The lowest BCUT2D eigenvalue weighted by molar-refractivity contribution is -0.385. The predicted octanol–water partition coefficient (Wildman–Crippen LogP) is 1.42. The number of nitrogens with one attached hydrogen (secondary N) is 2. The molecule has 1 aromatic heterocycles. The van der Waals surface area contributed by atoms with Crippen LogP contribution in [0.2, 0.25) is 0 Å². The molecule has 1 aliphatic heterocycles. The first kappa shape index (κ1) is 13.2. The molecule has 2 heterocycles. The largest absolute Gasteiger partial charge is 0.370 e. The minimum Gasteiger partial charge on any atom is -0.370 e. The Morgan fingerprint density at radius 2 is 2.47 bits per heavy atom. The smallest absolute Gasteiger partial charge is 0.305 e. The molecule has 7 heteroatoms. The van der Waals surface area contributed by atoms with Gasteiger partial charge in [-0.1, -0.05) is 0 Å². The van der Waals surface area contributed by atoms with Crippen LogP contribution in [0.3, 0.4) is 0 Å². The summed E-state index contributed by atoms with van der Waals surface area (Å²) in [6.45, 7) is 1.80. The molecule has 1 aliphatic rings. The highest BCUT2D eigenvalue weighted by Crippen LogP contribution is 2.18. The van der Waals surface area contributed by atoms with Crippen LogP contribution in [0.1, 0.15) is 25.0 Å². The molecule has 2 N–H and O–H groups in total. The van der Waals surface area contributed by atoms with E-state index in [1.807, 2.05) is 0 Å². The van der Waals surface area contributed by atoms with E-state index in [-0.39, 0.29) is 11.4 Å². The Balaban J connectivity index is 1.93. The van der Waals surface area contributed by atoms with Crippen LogP contribution >= 0.6 is 0 Å². The number of nitro groups is 1. The van der Waals surface area contributed by atoms with Crippen molar-refractivity contribution in [1.29, 1.82) is 5.26 Å². The van der Waals surface area contributed by atoms with Crippen molar-refractivity contribution in [2.24, 2.45) is 0 Å². The highest BCUT2D eigenvalue weighted by Gasteiger charge is 2.16. The highest BCUT2D eigenvalue weighted by molar-refractivity contribution is 5.50. The standard InChI is InChI=1S/C12H15N5O2/c13-8-10-11(17(18)19)3-4-12(16-10)15-7-5-9-2-1-6-14-9/h3-4,9,14H,1-2,5-7H2,(H,15,16). The van der Waals surface area contributed by atoms with Gasteiger partial charge in [-0.05, 0) is 31.9 Å². The Bertz CT molecular complexity index is 505. The summed E-state index contributed by atoms with van der Waals surface area (Å²) in [5, 5.41) is 26.0. The first-order chi connectivity index (χ1) is 9.20. The van der Waals surface area contributed by atoms with E-state index in [1.165, 1.54) is 25.0 Å². The Kier molecular flexibility index (Phi) is 4.26. The molecular weight excluding hydrogens is 246 g/mol. The van der Waals surface area contributed by atoms with Crippen molar-refractivity contribution < 1.29 is 4.92 Å². The molecule has 0 spiro atoms.